The van der Waals surface area contributed by atoms with Crippen LogP contribution in [0.3, 0.4) is 0 Å². The first-order valence-electron chi connectivity index (χ1n) is 12.9. The molecule has 0 aromatic carbocycles. The zero-order valence-corrected chi connectivity index (χ0v) is 22.6. The third-order valence-corrected chi connectivity index (χ3v) is 7.67. The summed E-state index contributed by atoms with van der Waals surface area (Å²) in [6.45, 7) is 13.0. The molecule has 0 bridgehead atoms. The number of ether oxygens (including phenoxy) is 1. The maximum absolute atomic E-state index is 12.9. The highest BCUT2D eigenvalue weighted by atomic mass is 32.1. The second-order valence-corrected chi connectivity index (χ2v) is 10.7. The lowest BCUT2D eigenvalue weighted by molar-refractivity contribution is -0.0230. The maximum Gasteiger partial charge on any atom is 0.278 e. The Bertz CT molecular complexity index is 1130. The van der Waals surface area contributed by atoms with Gasteiger partial charge in [-0.25, -0.2) is 13.8 Å². The molecule has 6 nitrogen and oxygen atoms in total. The van der Waals surface area contributed by atoms with E-state index >= 15 is 0 Å². The molecular weight excluding hydrogens is 492 g/mol. The maximum atomic E-state index is 12.9. The minimum absolute atomic E-state index is 0.394. The molecule has 1 saturated carbocycles. The Balaban J connectivity index is 0.000000228. The van der Waals surface area contributed by atoms with Crippen molar-refractivity contribution in [2.45, 2.75) is 64.3 Å². The van der Waals surface area contributed by atoms with Crippen LogP contribution in [0.5, 0.6) is 5.19 Å². The Labute approximate surface area is 222 Å². The van der Waals surface area contributed by atoms with E-state index in [-0.39, 0.29) is 0 Å². The van der Waals surface area contributed by atoms with E-state index in [1.165, 1.54) is 54.7 Å². The lowest BCUT2D eigenvalue weighted by Crippen LogP contribution is -2.32. The minimum Gasteiger partial charge on any atom is -0.464 e. The molecule has 0 atom stereocenters. The van der Waals surface area contributed by atoms with Crippen molar-refractivity contribution in [1.29, 1.82) is 0 Å². The Morgan fingerprint density at radius 3 is 2.70 bits per heavy atom. The van der Waals surface area contributed by atoms with Gasteiger partial charge in [-0.05, 0) is 37.4 Å². The topological polar surface area (TPSA) is 68.7 Å². The van der Waals surface area contributed by atoms with E-state index in [0.717, 1.165) is 55.8 Å². The fraction of sp³-hybridized carbons (Fsp3) is 0.500. The molecule has 3 aromatic heterocycles. The highest BCUT2D eigenvalue weighted by Gasteiger charge is 2.26. The average molecular weight is 532 g/mol. The molecular formula is C28H39F2N5OS. The highest BCUT2D eigenvalue weighted by Crippen LogP contribution is 2.32. The standard InChI is InChI=1S/C17H26F2N2OS.C9H9N3.C2H4/c1-17(18,19)12-22-16-20-14-11-21(10-8-15(14)23-16)9-7-13-5-3-2-4-6-13;1-7(10)9-3-2-8-6-11-4-5-12(8)9;1-2/h13H,2-12H2,1H3;2-6H,1,10H2;1-2H2. The van der Waals surface area contributed by atoms with Crippen LogP contribution in [0.2, 0.25) is 0 Å². The lowest BCUT2D eigenvalue weighted by Gasteiger charge is -2.29. The van der Waals surface area contributed by atoms with Crippen LogP contribution >= 0.6 is 11.3 Å². The number of alkyl halides is 2. The molecule has 0 unspecified atom stereocenters. The Hall–Kier alpha value is -2.78. The largest absolute Gasteiger partial charge is 0.464 e. The number of rotatable bonds is 7. The summed E-state index contributed by atoms with van der Waals surface area (Å²) in [5, 5.41) is 0.394. The number of fused-ring (bicyclic) bond motifs is 2. The zero-order chi connectivity index (χ0) is 26.8. The minimum atomic E-state index is -2.81. The molecule has 1 fully saturated rings. The normalized spacial score (nSPS) is 16.2. The van der Waals surface area contributed by atoms with Gasteiger partial charge in [0, 0.05) is 43.0 Å². The highest BCUT2D eigenvalue weighted by molar-refractivity contribution is 7.13. The van der Waals surface area contributed by atoms with Gasteiger partial charge in [0.1, 0.15) is 0 Å². The molecule has 0 saturated heterocycles. The van der Waals surface area contributed by atoms with Gasteiger partial charge in [0.25, 0.3) is 11.1 Å². The summed E-state index contributed by atoms with van der Waals surface area (Å²) >= 11 is 1.43. The molecule has 0 radical (unpaired) electrons. The molecule has 2 aliphatic rings. The fourth-order valence-corrected chi connectivity index (χ4v) is 5.64. The first-order valence-corrected chi connectivity index (χ1v) is 13.7. The number of hydrogen-bond donors (Lipinski definition) is 1. The molecule has 0 spiro atoms. The predicted molar refractivity (Wildman–Crippen MR) is 148 cm³/mol. The van der Waals surface area contributed by atoms with E-state index < -0.39 is 12.5 Å². The number of hydrogen-bond acceptors (Lipinski definition) is 6. The lowest BCUT2D eigenvalue weighted by atomic mass is 9.87. The van der Waals surface area contributed by atoms with Crippen molar-refractivity contribution >= 4 is 22.6 Å². The summed E-state index contributed by atoms with van der Waals surface area (Å²) < 4.78 is 32.9. The number of aromatic nitrogens is 3. The molecule has 37 heavy (non-hydrogen) atoms. The fourth-order valence-electron chi connectivity index (χ4n) is 4.73. The predicted octanol–water partition coefficient (Wildman–Crippen LogP) is 6.57. The van der Waals surface area contributed by atoms with Gasteiger partial charge < -0.3 is 14.9 Å². The molecule has 9 heteroatoms. The van der Waals surface area contributed by atoms with Crippen molar-refractivity contribution < 1.29 is 13.5 Å². The van der Waals surface area contributed by atoms with E-state index in [2.05, 4.69) is 34.6 Å². The second kappa shape index (κ2) is 13.7. The second-order valence-electron chi connectivity index (χ2n) is 9.64. The van der Waals surface area contributed by atoms with Crippen molar-refractivity contribution in [1.82, 2.24) is 19.3 Å². The van der Waals surface area contributed by atoms with Gasteiger partial charge in [0.15, 0.2) is 6.61 Å². The molecule has 3 aromatic rings. The summed E-state index contributed by atoms with van der Waals surface area (Å²) in [4.78, 5) is 12.1. The number of halogens is 2. The number of nitrogens with zero attached hydrogens (tertiary/aromatic N) is 4. The molecule has 0 amide bonds. The summed E-state index contributed by atoms with van der Waals surface area (Å²) in [5.74, 6) is -1.91. The van der Waals surface area contributed by atoms with E-state index in [4.69, 9.17) is 10.5 Å². The van der Waals surface area contributed by atoms with Crippen molar-refractivity contribution in [2.24, 2.45) is 11.7 Å². The van der Waals surface area contributed by atoms with E-state index in [0.29, 0.717) is 10.9 Å². The number of thiazole rings is 1. The summed E-state index contributed by atoms with van der Waals surface area (Å²) in [6.07, 6.45) is 14.6. The molecule has 4 heterocycles. The zero-order valence-electron chi connectivity index (χ0n) is 21.8. The third-order valence-electron chi connectivity index (χ3n) is 6.60. The van der Waals surface area contributed by atoms with Crippen LogP contribution in [0.15, 0.2) is 50.5 Å². The molecule has 1 aliphatic heterocycles. The van der Waals surface area contributed by atoms with Crippen molar-refractivity contribution in [2.75, 3.05) is 19.7 Å². The molecule has 1 aliphatic carbocycles. The number of nitrogens with two attached hydrogens (primary N) is 1. The van der Waals surface area contributed by atoms with Crippen molar-refractivity contribution in [3.63, 3.8) is 0 Å². The van der Waals surface area contributed by atoms with Gasteiger partial charge in [-0.1, -0.05) is 50.0 Å². The smallest absolute Gasteiger partial charge is 0.278 e. The summed E-state index contributed by atoms with van der Waals surface area (Å²) in [7, 11) is 0. The van der Waals surface area contributed by atoms with Crippen LogP contribution in [0.4, 0.5) is 8.78 Å². The van der Waals surface area contributed by atoms with Gasteiger partial charge in [-0.2, -0.15) is 0 Å². The van der Waals surface area contributed by atoms with Crippen LogP contribution in [-0.4, -0.2) is 44.9 Å². The van der Waals surface area contributed by atoms with Gasteiger partial charge in [0.05, 0.1) is 23.1 Å². The summed E-state index contributed by atoms with van der Waals surface area (Å²) in [6, 6.07) is 3.89. The Kier molecular flexibility index (Phi) is 10.6. The van der Waals surface area contributed by atoms with Crippen LogP contribution in [-0.2, 0) is 13.0 Å². The van der Waals surface area contributed by atoms with Gasteiger partial charge >= 0.3 is 0 Å². The van der Waals surface area contributed by atoms with Crippen LogP contribution in [0.1, 0.15) is 61.7 Å². The van der Waals surface area contributed by atoms with Crippen molar-refractivity contribution in [3.8, 4) is 5.19 Å². The molecule has 202 valence electrons. The van der Waals surface area contributed by atoms with Gasteiger partial charge in [0.2, 0.25) is 0 Å². The van der Waals surface area contributed by atoms with Crippen molar-refractivity contribution in [3.05, 3.63) is 66.7 Å². The quantitative estimate of drug-likeness (QED) is 0.349. The van der Waals surface area contributed by atoms with E-state index in [1.54, 1.807) is 12.4 Å². The third kappa shape index (κ3) is 8.64. The average Bonchev–Trinajstić information content (AvgIpc) is 3.52. The SMILES string of the molecule is C=C.C=C(N)c1ccc2cnccn12.CC(F)(F)COc1nc2c(s1)CCN(CCC1CCCCC1)C2. The molecule has 5 rings (SSSR count). The van der Waals surface area contributed by atoms with Crippen LogP contribution < -0.4 is 10.5 Å². The van der Waals surface area contributed by atoms with Gasteiger partial charge in [-0.15, -0.1) is 13.2 Å². The van der Waals surface area contributed by atoms with E-state index in [1.807, 2.05) is 22.7 Å². The first kappa shape index (κ1) is 28.8. The monoisotopic (exact) mass is 531 g/mol. The van der Waals surface area contributed by atoms with E-state index in [9.17, 15) is 8.78 Å². The Morgan fingerprint density at radius 1 is 1.24 bits per heavy atom. The summed E-state index contributed by atoms with van der Waals surface area (Å²) in [5.41, 5.74) is 9.14. The molecule has 2 N–H and O–H groups in total. The van der Waals surface area contributed by atoms with Crippen LogP contribution in [0, 0.1) is 5.92 Å². The Morgan fingerprint density at radius 2 is 2.00 bits per heavy atom. The van der Waals surface area contributed by atoms with Gasteiger partial charge in [-0.3, -0.25) is 9.88 Å². The van der Waals surface area contributed by atoms with Crippen LogP contribution in [0.25, 0.3) is 11.2 Å². The first-order chi connectivity index (χ1) is 17.8.